The first-order chi connectivity index (χ1) is 12.5. The molecule has 3 amide bonds. The topological polar surface area (TPSA) is 109 Å². The van der Waals surface area contributed by atoms with Gasteiger partial charge in [-0.25, -0.2) is 4.79 Å². The molecule has 0 aliphatic rings. The Kier molecular flexibility index (Phi) is 12.6. The molecule has 7 nitrogen and oxygen atoms in total. The van der Waals surface area contributed by atoms with E-state index in [0.29, 0.717) is 31.6 Å². The van der Waals surface area contributed by atoms with Gasteiger partial charge in [0.1, 0.15) is 0 Å². The van der Waals surface area contributed by atoms with Gasteiger partial charge in [-0.2, -0.15) is 0 Å². The van der Waals surface area contributed by atoms with Gasteiger partial charge < -0.3 is 21.7 Å². The summed E-state index contributed by atoms with van der Waals surface area (Å²) in [5.41, 5.74) is 8.19. The van der Waals surface area contributed by atoms with Crippen molar-refractivity contribution in [2.24, 2.45) is 5.73 Å². The fourth-order valence-electron chi connectivity index (χ4n) is 2.27. The predicted octanol–water partition coefficient (Wildman–Crippen LogP) is 2.99. The summed E-state index contributed by atoms with van der Waals surface area (Å²) in [6.07, 6.45) is 4.43. The van der Waals surface area contributed by atoms with Gasteiger partial charge in [-0.3, -0.25) is 9.78 Å². The van der Waals surface area contributed by atoms with Crippen LogP contribution in [0.15, 0.2) is 48.8 Å². The van der Waals surface area contributed by atoms with Crippen LogP contribution in [0.5, 0.6) is 0 Å². The summed E-state index contributed by atoms with van der Waals surface area (Å²) in [5, 5.41) is 8.42. The molecule has 28 heavy (non-hydrogen) atoms. The number of nitrogens with zero attached hydrogens (tertiary/aromatic N) is 1. The summed E-state index contributed by atoms with van der Waals surface area (Å²) in [6.45, 7) is 2.71. The Bertz CT molecular complexity index is 729. The van der Waals surface area contributed by atoms with Gasteiger partial charge in [0, 0.05) is 43.6 Å². The van der Waals surface area contributed by atoms with Crippen LogP contribution in [0.4, 0.5) is 10.5 Å². The molecular weight excluding hydrogens is 401 g/mol. The number of halogens is 2. The van der Waals surface area contributed by atoms with Gasteiger partial charge in [-0.15, -0.1) is 24.8 Å². The highest BCUT2D eigenvalue weighted by Crippen LogP contribution is 2.10. The molecule has 0 bridgehead atoms. The number of pyridine rings is 1. The van der Waals surface area contributed by atoms with E-state index in [-0.39, 0.29) is 42.8 Å². The zero-order valence-electron chi connectivity index (χ0n) is 15.7. The summed E-state index contributed by atoms with van der Waals surface area (Å²) in [7, 11) is 0. The monoisotopic (exact) mass is 427 g/mol. The van der Waals surface area contributed by atoms with Crippen LogP contribution >= 0.6 is 24.8 Å². The summed E-state index contributed by atoms with van der Waals surface area (Å²) in [5.74, 6) is -0.0317. The van der Waals surface area contributed by atoms with Crippen molar-refractivity contribution in [2.45, 2.75) is 38.9 Å². The Morgan fingerprint density at radius 2 is 1.71 bits per heavy atom. The Hall–Kier alpha value is -2.35. The van der Waals surface area contributed by atoms with Gasteiger partial charge >= 0.3 is 6.03 Å². The Morgan fingerprint density at radius 1 is 1.04 bits per heavy atom. The SMILES string of the molecule is CC(N)CCC(=O)NCc1cccc(NC(=O)NCc2ccncc2)c1.Cl.Cl. The Morgan fingerprint density at radius 3 is 2.39 bits per heavy atom. The highest BCUT2D eigenvalue weighted by Gasteiger charge is 2.05. The smallest absolute Gasteiger partial charge is 0.319 e. The molecule has 0 saturated heterocycles. The molecule has 2 aromatic rings. The second-order valence-corrected chi connectivity index (χ2v) is 6.16. The molecule has 0 radical (unpaired) electrons. The number of urea groups is 1. The van der Waals surface area contributed by atoms with Crippen LogP contribution in [-0.4, -0.2) is 23.0 Å². The summed E-state index contributed by atoms with van der Waals surface area (Å²) in [6, 6.07) is 10.8. The molecule has 0 aliphatic carbocycles. The van der Waals surface area contributed by atoms with Gasteiger partial charge in [0.25, 0.3) is 0 Å². The molecule has 1 unspecified atom stereocenters. The highest BCUT2D eigenvalue weighted by molar-refractivity contribution is 5.89. The molecule has 0 fully saturated rings. The largest absolute Gasteiger partial charge is 0.352 e. The Balaban J connectivity index is 0.00000364. The van der Waals surface area contributed by atoms with Crippen LogP contribution in [0.3, 0.4) is 0 Å². The van der Waals surface area contributed by atoms with Crippen molar-refractivity contribution in [2.75, 3.05) is 5.32 Å². The van der Waals surface area contributed by atoms with Crippen molar-refractivity contribution in [1.82, 2.24) is 15.6 Å². The fourth-order valence-corrected chi connectivity index (χ4v) is 2.27. The van der Waals surface area contributed by atoms with E-state index in [4.69, 9.17) is 5.73 Å². The first-order valence-corrected chi connectivity index (χ1v) is 8.58. The van der Waals surface area contributed by atoms with Crippen LogP contribution in [0.2, 0.25) is 0 Å². The highest BCUT2D eigenvalue weighted by atomic mass is 35.5. The molecule has 0 spiro atoms. The lowest BCUT2D eigenvalue weighted by molar-refractivity contribution is -0.121. The van der Waals surface area contributed by atoms with Crippen LogP contribution in [0.1, 0.15) is 30.9 Å². The number of hydrogen-bond acceptors (Lipinski definition) is 4. The third kappa shape index (κ3) is 10.1. The Labute approximate surface area is 177 Å². The van der Waals surface area contributed by atoms with Gasteiger partial charge in [0.15, 0.2) is 0 Å². The van der Waals surface area contributed by atoms with E-state index >= 15 is 0 Å². The molecule has 9 heteroatoms. The minimum absolute atomic E-state index is 0. The van der Waals surface area contributed by atoms with E-state index in [9.17, 15) is 9.59 Å². The van der Waals surface area contributed by atoms with E-state index in [2.05, 4.69) is 20.9 Å². The summed E-state index contributed by atoms with van der Waals surface area (Å²) < 4.78 is 0. The second-order valence-electron chi connectivity index (χ2n) is 6.16. The third-order valence-electron chi connectivity index (χ3n) is 3.70. The first kappa shape index (κ1) is 25.6. The van der Waals surface area contributed by atoms with Gasteiger partial charge in [0.2, 0.25) is 5.91 Å². The maximum Gasteiger partial charge on any atom is 0.319 e. The molecule has 154 valence electrons. The van der Waals surface area contributed by atoms with Crippen LogP contribution in [0.25, 0.3) is 0 Å². The summed E-state index contributed by atoms with van der Waals surface area (Å²) >= 11 is 0. The van der Waals surface area contributed by atoms with Crippen molar-refractivity contribution < 1.29 is 9.59 Å². The average molecular weight is 428 g/mol. The normalized spacial score (nSPS) is 10.6. The van der Waals surface area contributed by atoms with Crippen molar-refractivity contribution in [3.8, 4) is 0 Å². The number of rotatable bonds is 8. The molecule has 1 aromatic heterocycles. The molecule has 5 N–H and O–H groups in total. The molecule has 0 saturated carbocycles. The van der Waals surface area contributed by atoms with E-state index in [0.717, 1.165) is 11.1 Å². The number of amides is 3. The van der Waals surface area contributed by atoms with Gasteiger partial charge in [-0.1, -0.05) is 12.1 Å². The number of aromatic nitrogens is 1. The maximum absolute atomic E-state index is 12.0. The molecule has 1 heterocycles. The average Bonchev–Trinajstić information content (AvgIpc) is 2.64. The minimum Gasteiger partial charge on any atom is -0.352 e. The van der Waals surface area contributed by atoms with Crippen molar-refractivity contribution in [3.05, 3.63) is 59.9 Å². The molecule has 0 aliphatic heterocycles. The third-order valence-corrected chi connectivity index (χ3v) is 3.70. The number of anilines is 1. The molecular formula is C19H27Cl2N5O2. The van der Waals surface area contributed by atoms with E-state index < -0.39 is 0 Å². The van der Waals surface area contributed by atoms with Crippen LogP contribution in [-0.2, 0) is 17.9 Å². The summed E-state index contributed by atoms with van der Waals surface area (Å²) in [4.78, 5) is 27.7. The fraction of sp³-hybridized carbons (Fsp3) is 0.316. The number of nitrogens with one attached hydrogen (secondary N) is 3. The van der Waals surface area contributed by atoms with Gasteiger partial charge in [-0.05, 0) is 48.7 Å². The quantitative estimate of drug-likeness (QED) is 0.518. The molecule has 2 rings (SSSR count). The van der Waals surface area contributed by atoms with Crippen LogP contribution < -0.4 is 21.7 Å². The number of benzene rings is 1. The van der Waals surface area contributed by atoms with Crippen molar-refractivity contribution in [3.63, 3.8) is 0 Å². The van der Waals surface area contributed by atoms with Crippen molar-refractivity contribution >= 4 is 42.4 Å². The van der Waals surface area contributed by atoms with E-state index in [1.165, 1.54) is 0 Å². The first-order valence-electron chi connectivity index (χ1n) is 8.58. The zero-order valence-corrected chi connectivity index (χ0v) is 17.3. The lowest BCUT2D eigenvalue weighted by atomic mass is 10.1. The number of carbonyl (C=O) groups is 2. The van der Waals surface area contributed by atoms with Crippen LogP contribution in [0, 0.1) is 0 Å². The standard InChI is InChI=1S/C19H25N5O2.2ClH/c1-14(20)5-6-18(25)22-13-16-3-2-4-17(11-16)24-19(26)23-12-15-7-9-21-10-8-15;;/h2-4,7-11,14H,5-6,12-13,20H2,1H3,(H,22,25)(H2,23,24,26);2*1H. The predicted molar refractivity (Wildman–Crippen MR) is 116 cm³/mol. The van der Waals surface area contributed by atoms with E-state index in [1.807, 2.05) is 37.3 Å². The van der Waals surface area contributed by atoms with E-state index in [1.54, 1.807) is 18.5 Å². The number of nitrogens with two attached hydrogens (primary N) is 1. The van der Waals surface area contributed by atoms with Crippen molar-refractivity contribution in [1.29, 1.82) is 0 Å². The maximum atomic E-state index is 12.0. The number of carbonyl (C=O) groups excluding carboxylic acids is 2. The lowest BCUT2D eigenvalue weighted by Gasteiger charge is -2.10. The zero-order chi connectivity index (χ0) is 18.8. The minimum atomic E-state index is -0.292. The second kappa shape index (κ2) is 13.8. The molecule has 1 atom stereocenters. The molecule has 1 aromatic carbocycles. The lowest BCUT2D eigenvalue weighted by Crippen LogP contribution is -2.28. The number of hydrogen-bond donors (Lipinski definition) is 4. The van der Waals surface area contributed by atoms with Gasteiger partial charge in [0.05, 0.1) is 0 Å².